The van der Waals surface area contributed by atoms with Gasteiger partial charge in [-0.25, -0.2) is 0 Å². The van der Waals surface area contributed by atoms with E-state index in [1.807, 2.05) is 48.5 Å². The molecule has 0 aliphatic rings. The molecule has 3 aromatic rings. The normalized spacial score (nSPS) is 12.9. The second kappa shape index (κ2) is 9.27. The summed E-state index contributed by atoms with van der Waals surface area (Å²) in [7, 11) is 0. The van der Waals surface area contributed by atoms with E-state index < -0.39 is 0 Å². The van der Waals surface area contributed by atoms with E-state index in [9.17, 15) is 9.59 Å². The second-order valence-corrected chi connectivity index (χ2v) is 7.60. The second-order valence-electron chi connectivity index (χ2n) is 7.60. The third kappa shape index (κ3) is 5.04. The quantitative estimate of drug-likeness (QED) is 0.455. The van der Waals surface area contributed by atoms with Gasteiger partial charge in [-0.05, 0) is 46.9 Å². The Morgan fingerprint density at radius 3 is 1.18 bits per heavy atom. The van der Waals surface area contributed by atoms with Crippen LogP contribution in [0.3, 0.4) is 0 Å². The number of hydrogen-bond acceptors (Lipinski definition) is 2. The number of benzene rings is 3. The van der Waals surface area contributed by atoms with Crippen molar-refractivity contribution in [1.29, 1.82) is 0 Å². The van der Waals surface area contributed by atoms with Gasteiger partial charge in [-0.15, -0.1) is 0 Å². The van der Waals surface area contributed by atoms with Gasteiger partial charge in [0.25, 0.3) is 0 Å². The molecule has 142 valence electrons. The monoisotopic (exact) mass is 370 g/mol. The SMILES string of the molecule is CC(Cc1ccc(C=O)cc1)c1ccc(C(C)Cc2ccc(C=O)cc2)cc1. The molecule has 0 N–H and O–H groups in total. The predicted octanol–water partition coefficient (Wildman–Crippen LogP) is 6.00. The standard InChI is InChI=1S/C26H26O2/c1-19(15-21-3-7-23(17-27)8-4-21)25-11-13-26(14-12-25)20(2)16-22-5-9-24(18-28)10-6-22/h3-14,17-20H,15-16H2,1-2H3. The zero-order valence-corrected chi connectivity index (χ0v) is 16.5. The Kier molecular flexibility index (Phi) is 6.54. The Bertz CT molecular complexity index is 828. The summed E-state index contributed by atoms with van der Waals surface area (Å²) in [5.74, 6) is 0.838. The van der Waals surface area contributed by atoms with Crippen LogP contribution >= 0.6 is 0 Å². The molecule has 0 saturated heterocycles. The van der Waals surface area contributed by atoms with Crippen LogP contribution < -0.4 is 0 Å². The molecule has 0 aliphatic heterocycles. The molecule has 2 nitrogen and oxygen atoms in total. The van der Waals surface area contributed by atoms with Crippen molar-refractivity contribution in [2.45, 2.75) is 38.5 Å². The first-order valence-electron chi connectivity index (χ1n) is 9.77. The van der Waals surface area contributed by atoms with Crippen LogP contribution in [0.1, 0.15) is 68.7 Å². The molecule has 0 bridgehead atoms. The average molecular weight is 370 g/mol. The Morgan fingerprint density at radius 2 is 0.893 bits per heavy atom. The van der Waals surface area contributed by atoms with Gasteiger partial charge < -0.3 is 0 Å². The molecule has 2 heteroatoms. The Balaban J connectivity index is 1.62. The van der Waals surface area contributed by atoms with Crippen LogP contribution in [-0.2, 0) is 12.8 Å². The van der Waals surface area contributed by atoms with E-state index in [1.165, 1.54) is 22.3 Å². The highest BCUT2D eigenvalue weighted by molar-refractivity contribution is 5.75. The molecule has 0 spiro atoms. The molecule has 2 unspecified atom stereocenters. The summed E-state index contributed by atoms with van der Waals surface area (Å²) in [6, 6.07) is 24.6. The molecule has 0 amide bonds. The van der Waals surface area contributed by atoms with Crippen molar-refractivity contribution in [3.05, 3.63) is 106 Å². The Hall–Kier alpha value is -3.00. The lowest BCUT2D eigenvalue weighted by molar-refractivity contribution is 0.111. The van der Waals surface area contributed by atoms with Gasteiger partial charge in [-0.2, -0.15) is 0 Å². The lowest BCUT2D eigenvalue weighted by Crippen LogP contribution is -2.02. The molecule has 0 radical (unpaired) electrons. The van der Waals surface area contributed by atoms with Gasteiger partial charge in [0.05, 0.1) is 0 Å². The van der Waals surface area contributed by atoms with Crippen LogP contribution in [0.2, 0.25) is 0 Å². The summed E-state index contributed by atoms with van der Waals surface area (Å²) in [5.41, 5.74) is 6.58. The molecule has 3 rings (SSSR count). The fourth-order valence-electron chi connectivity index (χ4n) is 3.56. The minimum absolute atomic E-state index is 0.419. The van der Waals surface area contributed by atoms with Crippen molar-refractivity contribution >= 4 is 12.6 Å². The maximum atomic E-state index is 10.8. The number of carbonyl (C=O) groups is 2. The van der Waals surface area contributed by atoms with Gasteiger partial charge >= 0.3 is 0 Å². The van der Waals surface area contributed by atoms with Crippen LogP contribution in [0.15, 0.2) is 72.8 Å². The highest BCUT2D eigenvalue weighted by atomic mass is 16.1. The summed E-state index contributed by atoms with van der Waals surface area (Å²) in [6.07, 6.45) is 3.67. The summed E-state index contributed by atoms with van der Waals surface area (Å²) < 4.78 is 0. The topological polar surface area (TPSA) is 34.1 Å². The van der Waals surface area contributed by atoms with Gasteiger partial charge in [0.15, 0.2) is 0 Å². The van der Waals surface area contributed by atoms with E-state index in [0.29, 0.717) is 11.8 Å². The molecule has 0 heterocycles. The van der Waals surface area contributed by atoms with Gasteiger partial charge in [-0.1, -0.05) is 86.6 Å². The number of hydrogen-bond donors (Lipinski definition) is 0. The van der Waals surface area contributed by atoms with Crippen molar-refractivity contribution < 1.29 is 9.59 Å². The molecule has 2 atom stereocenters. The van der Waals surface area contributed by atoms with E-state index >= 15 is 0 Å². The minimum atomic E-state index is 0.419. The summed E-state index contributed by atoms with van der Waals surface area (Å²) >= 11 is 0. The molecule has 0 saturated carbocycles. The highest BCUT2D eigenvalue weighted by Crippen LogP contribution is 2.25. The molecular weight excluding hydrogens is 344 g/mol. The first kappa shape index (κ1) is 19.8. The van der Waals surface area contributed by atoms with E-state index in [2.05, 4.69) is 38.1 Å². The molecule has 3 aromatic carbocycles. The first-order chi connectivity index (χ1) is 13.6. The van der Waals surface area contributed by atoms with Crippen molar-refractivity contribution in [2.75, 3.05) is 0 Å². The number of aldehydes is 2. The summed E-state index contributed by atoms with van der Waals surface area (Å²) in [5, 5.41) is 0. The van der Waals surface area contributed by atoms with Crippen LogP contribution in [0, 0.1) is 0 Å². The van der Waals surface area contributed by atoms with Gasteiger partial charge in [0.1, 0.15) is 12.6 Å². The molecule has 0 fully saturated rings. The van der Waals surface area contributed by atoms with E-state index in [1.54, 1.807) is 0 Å². The maximum absolute atomic E-state index is 10.8. The van der Waals surface area contributed by atoms with Crippen LogP contribution in [0.25, 0.3) is 0 Å². The van der Waals surface area contributed by atoms with Crippen molar-refractivity contribution in [1.82, 2.24) is 0 Å². The molecular formula is C26H26O2. The third-order valence-corrected chi connectivity index (χ3v) is 5.39. The van der Waals surface area contributed by atoms with E-state index in [4.69, 9.17) is 0 Å². The first-order valence-corrected chi connectivity index (χ1v) is 9.77. The fourth-order valence-corrected chi connectivity index (χ4v) is 3.56. The van der Waals surface area contributed by atoms with Crippen molar-refractivity contribution in [3.63, 3.8) is 0 Å². The van der Waals surface area contributed by atoms with Crippen LogP contribution in [0.4, 0.5) is 0 Å². The number of carbonyl (C=O) groups excluding carboxylic acids is 2. The molecule has 0 aromatic heterocycles. The molecule has 28 heavy (non-hydrogen) atoms. The zero-order valence-electron chi connectivity index (χ0n) is 16.5. The van der Waals surface area contributed by atoms with Gasteiger partial charge in [0.2, 0.25) is 0 Å². The fraction of sp³-hybridized carbons (Fsp3) is 0.231. The van der Waals surface area contributed by atoms with Crippen molar-refractivity contribution in [2.24, 2.45) is 0 Å². The van der Waals surface area contributed by atoms with E-state index in [-0.39, 0.29) is 0 Å². The highest BCUT2D eigenvalue weighted by Gasteiger charge is 2.10. The maximum Gasteiger partial charge on any atom is 0.150 e. The Labute approximate surface area is 167 Å². The summed E-state index contributed by atoms with van der Waals surface area (Å²) in [6.45, 7) is 4.47. The van der Waals surface area contributed by atoms with Crippen molar-refractivity contribution in [3.8, 4) is 0 Å². The van der Waals surface area contributed by atoms with Crippen LogP contribution in [0.5, 0.6) is 0 Å². The average Bonchev–Trinajstić information content (AvgIpc) is 2.75. The van der Waals surface area contributed by atoms with Gasteiger partial charge in [0, 0.05) is 11.1 Å². The lowest BCUT2D eigenvalue weighted by atomic mass is 9.89. The Morgan fingerprint density at radius 1 is 0.571 bits per heavy atom. The molecule has 0 aliphatic carbocycles. The van der Waals surface area contributed by atoms with E-state index in [0.717, 1.165) is 36.5 Å². The predicted molar refractivity (Wildman–Crippen MR) is 114 cm³/mol. The third-order valence-electron chi connectivity index (χ3n) is 5.39. The lowest BCUT2D eigenvalue weighted by Gasteiger charge is -2.16. The smallest absolute Gasteiger partial charge is 0.150 e. The van der Waals surface area contributed by atoms with Crippen LogP contribution in [-0.4, -0.2) is 12.6 Å². The number of rotatable bonds is 8. The largest absolute Gasteiger partial charge is 0.298 e. The minimum Gasteiger partial charge on any atom is -0.298 e. The zero-order chi connectivity index (χ0) is 19.9. The van der Waals surface area contributed by atoms with Gasteiger partial charge in [-0.3, -0.25) is 9.59 Å². The summed E-state index contributed by atoms with van der Waals surface area (Å²) in [4.78, 5) is 21.6.